The fraction of sp³-hybridized carbons (Fsp3) is 0.833. The Hall–Kier alpha value is -0.0500. The molecule has 1 atom stereocenters. The standard InChI is InChI=1S/C6H11FOS/c1-5(8)6(2)9-4-3-7/h6H,3-4H2,1-2H3. The van der Waals surface area contributed by atoms with E-state index in [0.29, 0.717) is 5.75 Å². The Balaban J connectivity index is 3.27. The topological polar surface area (TPSA) is 17.1 Å². The molecule has 0 saturated heterocycles. The highest BCUT2D eigenvalue weighted by Crippen LogP contribution is 2.09. The van der Waals surface area contributed by atoms with Crippen molar-refractivity contribution in [2.24, 2.45) is 0 Å². The van der Waals surface area contributed by atoms with Crippen molar-refractivity contribution in [3.05, 3.63) is 0 Å². The predicted octanol–water partition coefficient (Wildman–Crippen LogP) is 1.67. The van der Waals surface area contributed by atoms with Gasteiger partial charge in [-0.1, -0.05) is 0 Å². The molecule has 0 bridgehead atoms. The quantitative estimate of drug-likeness (QED) is 0.606. The van der Waals surface area contributed by atoms with Gasteiger partial charge in [-0.15, -0.1) is 11.8 Å². The molecule has 3 heteroatoms. The van der Waals surface area contributed by atoms with Crippen molar-refractivity contribution in [3.8, 4) is 0 Å². The Morgan fingerprint density at radius 2 is 2.33 bits per heavy atom. The zero-order valence-electron chi connectivity index (χ0n) is 5.69. The van der Waals surface area contributed by atoms with Crippen LogP contribution in [0, 0.1) is 0 Å². The lowest BCUT2D eigenvalue weighted by Crippen LogP contribution is -2.09. The van der Waals surface area contributed by atoms with Gasteiger partial charge < -0.3 is 0 Å². The highest BCUT2D eigenvalue weighted by Gasteiger charge is 2.05. The molecule has 0 heterocycles. The summed E-state index contributed by atoms with van der Waals surface area (Å²) >= 11 is 1.36. The first-order valence-electron chi connectivity index (χ1n) is 2.86. The first-order valence-corrected chi connectivity index (χ1v) is 3.91. The van der Waals surface area contributed by atoms with Crippen LogP contribution in [0.25, 0.3) is 0 Å². The van der Waals surface area contributed by atoms with Crippen LogP contribution in [0.15, 0.2) is 0 Å². The summed E-state index contributed by atoms with van der Waals surface area (Å²) in [5.41, 5.74) is 0. The summed E-state index contributed by atoms with van der Waals surface area (Å²) in [5.74, 6) is 0.550. The molecule has 1 nitrogen and oxygen atoms in total. The van der Waals surface area contributed by atoms with Gasteiger partial charge in [0.15, 0.2) is 0 Å². The minimum atomic E-state index is -0.345. The molecule has 0 radical (unpaired) electrons. The van der Waals surface area contributed by atoms with Crippen LogP contribution in [0.2, 0.25) is 0 Å². The van der Waals surface area contributed by atoms with E-state index in [-0.39, 0.29) is 17.7 Å². The normalized spacial score (nSPS) is 13.2. The van der Waals surface area contributed by atoms with E-state index in [1.165, 1.54) is 18.7 Å². The van der Waals surface area contributed by atoms with E-state index >= 15 is 0 Å². The number of rotatable bonds is 4. The number of thioether (sulfide) groups is 1. The Morgan fingerprint density at radius 1 is 1.78 bits per heavy atom. The van der Waals surface area contributed by atoms with Crippen LogP contribution >= 0.6 is 11.8 Å². The molecule has 0 amide bonds. The van der Waals surface area contributed by atoms with Crippen LogP contribution in [0.1, 0.15) is 13.8 Å². The number of Topliss-reactive ketones (excluding diaryl/α,β-unsaturated/α-hetero) is 1. The van der Waals surface area contributed by atoms with E-state index in [2.05, 4.69) is 0 Å². The van der Waals surface area contributed by atoms with E-state index in [4.69, 9.17) is 0 Å². The van der Waals surface area contributed by atoms with Gasteiger partial charge in [0.1, 0.15) is 5.78 Å². The second-order valence-corrected chi connectivity index (χ2v) is 3.26. The summed E-state index contributed by atoms with van der Waals surface area (Å²) in [4.78, 5) is 10.5. The van der Waals surface area contributed by atoms with Crippen LogP contribution in [-0.4, -0.2) is 23.5 Å². The lowest BCUT2D eigenvalue weighted by molar-refractivity contribution is -0.116. The van der Waals surface area contributed by atoms with Crippen molar-refractivity contribution < 1.29 is 9.18 Å². The summed E-state index contributed by atoms with van der Waals surface area (Å²) in [6, 6.07) is 0. The maximum Gasteiger partial charge on any atom is 0.142 e. The third-order valence-electron chi connectivity index (χ3n) is 1.02. The van der Waals surface area contributed by atoms with Gasteiger partial charge in [-0.25, -0.2) is 0 Å². The number of ketones is 1. The zero-order valence-corrected chi connectivity index (χ0v) is 6.50. The van der Waals surface area contributed by atoms with Gasteiger partial charge in [0, 0.05) is 5.75 Å². The number of carbonyl (C=O) groups excluding carboxylic acids is 1. The minimum Gasteiger partial charge on any atom is -0.299 e. The molecule has 0 aromatic carbocycles. The maximum atomic E-state index is 11.5. The van der Waals surface area contributed by atoms with Crippen molar-refractivity contribution in [1.29, 1.82) is 0 Å². The van der Waals surface area contributed by atoms with Crippen LogP contribution in [0.3, 0.4) is 0 Å². The fourth-order valence-corrected chi connectivity index (χ4v) is 1.02. The molecule has 0 spiro atoms. The number of carbonyl (C=O) groups is 1. The highest BCUT2D eigenvalue weighted by molar-refractivity contribution is 8.00. The van der Waals surface area contributed by atoms with Crippen LogP contribution < -0.4 is 0 Å². The molecule has 9 heavy (non-hydrogen) atoms. The van der Waals surface area contributed by atoms with E-state index in [9.17, 15) is 9.18 Å². The SMILES string of the molecule is CC(=O)C(C)SCCF. The van der Waals surface area contributed by atoms with Crippen LogP contribution in [0.5, 0.6) is 0 Å². The Labute approximate surface area is 59.0 Å². The maximum absolute atomic E-state index is 11.5. The molecular formula is C6H11FOS. The second-order valence-electron chi connectivity index (χ2n) is 1.81. The van der Waals surface area contributed by atoms with Gasteiger partial charge >= 0.3 is 0 Å². The third-order valence-corrected chi connectivity index (χ3v) is 2.24. The molecule has 1 unspecified atom stereocenters. The lowest BCUT2D eigenvalue weighted by atomic mass is 10.3. The van der Waals surface area contributed by atoms with E-state index in [1.807, 2.05) is 0 Å². The van der Waals surface area contributed by atoms with Crippen molar-refractivity contribution in [3.63, 3.8) is 0 Å². The van der Waals surface area contributed by atoms with E-state index in [1.54, 1.807) is 6.92 Å². The van der Waals surface area contributed by atoms with Crippen molar-refractivity contribution in [2.75, 3.05) is 12.4 Å². The van der Waals surface area contributed by atoms with Crippen LogP contribution in [0.4, 0.5) is 4.39 Å². The van der Waals surface area contributed by atoms with Gasteiger partial charge in [-0.3, -0.25) is 9.18 Å². The summed E-state index contributed by atoms with van der Waals surface area (Å²) in [6.45, 7) is 2.97. The number of hydrogen-bond acceptors (Lipinski definition) is 2. The summed E-state index contributed by atoms with van der Waals surface area (Å²) in [7, 11) is 0. The highest BCUT2D eigenvalue weighted by atomic mass is 32.2. The first kappa shape index (κ1) is 8.95. The van der Waals surface area contributed by atoms with Crippen molar-refractivity contribution in [2.45, 2.75) is 19.1 Å². The van der Waals surface area contributed by atoms with Gasteiger partial charge in [-0.05, 0) is 13.8 Å². The zero-order chi connectivity index (χ0) is 7.28. The Morgan fingerprint density at radius 3 is 2.67 bits per heavy atom. The molecule has 0 fully saturated rings. The van der Waals surface area contributed by atoms with Gasteiger partial charge in [0.2, 0.25) is 0 Å². The molecule has 54 valence electrons. The lowest BCUT2D eigenvalue weighted by Gasteiger charge is -2.02. The largest absolute Gasteiger partial charge is 0.299 e. The van der Waals surface area contributed by atoms with Gasteiger partial charge in [0.25, 0.3) is 0 Å². The smallest absolute Gasteiger partial charge is 0.142 e. The fourth-order valence-electron chi connectivity index (χ4n) is 0.339. The molecule has 0 aliphatic rings. The molecule has 0 saturated carbocycles. The first-order chi connectivity index (χ1) is 4.18. The minimum absolute atomic E-state index is 0.0410. The van der Waals surface area contributed by atoms with E-state index < -0.39 is 0 Å². The molecule has 0 aliphatic carbocycles. The number of halogens is 1. The second kappa shape index (κ2) is 4.79. The van der Waals surface area contributed by atoms with Gasteiger partial charge in [-0.2, -0.15) is 0 Å². The Bertz CT molecular complexity index is 95.1. The van der Waals surface area contributed by atoms with Gasteiger partial charge in [0.05, 0.1) is 11.9 Å². The van der Waals surface area contributed by atoms with Crippen molar-refractivity contribution >= 4 is 17.5 Å². The van der Waals surface area contributed by atoms with Crippen LogP contribution in [-0.2, 0) is 4.79 Å². The molecular weight excluding hydrogens is 139 g/mol. The average molecular weight is 150 g/mol. The summed E-state index contributed by atoms with van der Waals surface area (Å²) in [5, 5.41) is -0.0410. The third kappa shape index (κ3) is 4.45. The molecule has 0 rings (SSSR count). The van der Waals surface area contributed by atoms with E-state index in [0.717, 1.165) is 0 Å². The predicted molar refractivity (Wildman–Crippen MR) is 38.6 cm³/mol. The molecule has 0 N–H and O–H groups in total. The summed E-state index contributed by atoms with van der Waals surface area (Å²) in [6.07, 6.45) is 0. The Kier molecular flexibility index (Phi) is 4.77. The number of hydrogen-bond donors (Lipinski definition) is 0. The van der Waals surface area contributed by atoms with Crippen molar-refractivity contribution in [1.82, 2.24) is 0 Å². The molecule has 0 aromatic rings. The summed E-state index contributed by atoms with van der Waals surface area (Å²) < 4.78 is 11.5. The molecule has 0 aliphatic heterocycles. The average Bonchev–Trinajstić information content (AvgIpc) is 1.82. The monoisotopic (exact) mass is 150 g/mol. The number of alkyl halides is 1. The molecule has 0 aromatic heterocycles.